The molecule has 117 valence electrons. The third-order valence-corrected chi connectivity index (χ3v) is 7.99. The van der Waals surface area contributed by atoms with Crippen molar-refractivity contribution in [2.75, 3.05) is 0 Å². The molecule has 21 heavy (non-hydrogen) atoms. The Morgan fingerprint density at radius 1 is 1.19 bits per heavy atom. The van der Waals surface area contributed by atoms with Crippen LogP contribution in [0.4, 0.5) is 4.39 Å². The largest absolute Gasteiger partial charge is 0.247 e. The Balaban J connectivity index is 1.67. The average molecular weight is 326 g/mol. The first-order valence-corrected chi connectivity index (χ1v) is 10.9. The SMILES string of the molecule is CCCC(F)CCC[Si]1CCC(c2ccc(Cl)cc2)CC1. The number of hydrogen-bond acceptors (Lipinski definition) is 0. The van der Waals surface area contributed by atoms with Crippen LogP contribution in [0.5, 0.6) is 0 Å². The summed E-state index contributed by atoms with van der Waals surface area (Å²) < 4.78 is 13.5. The molecule has 1 atom stereocenters. The molecule has 0 nitrogen and oxygen atoms in total. The van der Waals surface area contributed by atoms with Gasteiger partial charge >= 0.3 is 0 Å². The highest BCUT2D eigenvalue weighted by Crippen LogP contribution is 2.35. The third-order valence-electron chi connectivity index (χ3n) is 4.68. The van der Waals surface area contributed by atoms with E-state index in [-0.39, 0.29) is 8.80 Å². The van der Waals surface area contributed by atoms with Crippen molar-refractivity contribution in [2.24, 2.45) is 0 Å². The van der Waals surface area contributed by atoms with Crippen molar-refractivity contribution in [3.8, 4) is 0 Å². The van der Waals surface area contributed by atoms with Gasteiger partial charge in [0, 0.05) is 13.8 Å². The summed E-state index contributed by atoms with van der Waals surface area (Å²) >= 11 is 5.95. The molecular weight excluding hydrogens is 299 g/mol. The second kappa shape index (κ2) is 8.95. The molecule has 1 saturated heterocycles. The van der Waals surface area contributed by atoms with E-state index in [1.165, 1.54) is 36.5 Å². The van der Waals surface area contributed by atoms with Crippen LogP contribution in [0.25, 0.3) is 0 Å². The van der Waals surface area contributed by atoms with Gasteiger partial charge in [0.15, 0.2) is 0 Å². The van der Waals surface area contributed by atoms with Crippen molar-refractivity contribution in [1.29, 1.82) is 0 Å². The van der Waals surface area contributed by atoms with E-state index in [1.807, 2.05) is 12.1 Å². The zero-order chi connectivity index (χ0) is 15.1. The minimum Gasteiger partial charge on any atom is -0.247 e. The summed E-state index contributed by atoms with van der Waals surface area (Å²) in [6, 6.07) is 12.5. The predicted octanol–water partition coefficient (Wildman–Crippen LogP) is 6.63. The molecule has 1 aliphatic heterocycles. The van der Waals surface area contributed by atoms with Crippen LogP contribution in [-0.4, -0.2) is 15.0 Å². The van der Waals surface area contributed by atoms with E-state index in [4.69, 9.17) is 11.6 Å². The van der Waals surface area contributed by atoms with Crippen molar-refractivity contribution in [3.63, 3.8) is 0 Å². The van der Waals surface area contributed by atoms with Gasteiger partial charge in [0.1, 0.15) is 6.17 Å². The summed E-state index contributed by atoms with van der Waals surface area (Å²) in [7, 11) is -0.199. The van der Waals surface area contributed by atoms with Gasteiger partial charge in [-0.25, -0.2) is 4.39 Å². The van der Waals surface area contributed by atoms with Gasteiger partial charge in [-0.1, -0.05) is 61.6 Å². The predicted molar refractivity (Wildman–Crippen MR) is 92.6 cm³/mol. The molecule has 0 N–H and O–H groups in total. The van der Waals surface area contributed by atoms with Crippen LogP contribution in [0, 0.1) is 0 Å². The molecule has 1 aliphatic rings. The van der Waals surface area contributed by atoms with Gasteiger partial charge in [-0.3, -0.25) is 0 Å². The Morgan fingerprint density at radius 3 is 2.48 bits per heavy atom. The zero-order valence-corrected chi connectivity index (χ0v) is 14.8. The molecule has 0 spiro atoms. The third kappa shape index (κ3) is 5.75. The van der Waals surface area contributed by atoms with E-state index < -0.39 is 6.17 Å². The molecule has 0 bridgehead atoms. The van der Waals surface area contributed by atoms with E-state index >= 15 is 0 Å². The van der Waals surface area contributed by atoms with Gasteiger partial charge in [-0.05, 0) is 49.3 Å². The van der Waals surface area contributed by atoms with Crippen LogP contribution in [0.2, 0.25) is 23.2 Å². The lowest BCUT2D eigenvalue weighted by molar-refractivity contribution is 0.291. The summed E-state index contributed by atoms with van der Waals surface area (Å²) in [5.74, 6) is 0.727. The fourth-order valence-corrected chi connectivity index (χ4v) is 6.47. The fourth-order valence-electron chi connectivity index (χ4n) is 3.38. The smallest absolute Gasteiger partial charge is 0.100 e. The van der Waals surface area contributed by atoms with E-state index in [9.17, 15) is 4.39 Å². The van der Waals surface area contributed by atoms with E-state index in [0.29, 0.717) is 0 Å². The van der Waals surface area contributed by atoms with Gasteiger partial charge in [0.25, 0.3) is 0 Å². The van der Waals surface area contributed by atoms with Crippen molar-refractivity contribution in [3.05, 3.63) is 34.9 Å². The molecule has 1 unspecified atom stereocenters. The van der Waals surface area contributed by atoms with E-state index in [1.54, 1.807) is 0 Å². The van der Waals surface area contributed by atoms with Gasteiger partial charge in [0.05, 0.1) is 0 Å². The van der Waals surface area contributed by atoms with Crippen LogP contribution in [-0.2, 0) is 0 Å². The summed E-state index contributed by atoms with van der Waals surface area (Å²) in [6.45, 7) is 2.07. The van der Waals surface area contributed by atoms with Crippen LogP contribution in [0.3, 0.4) is 0 Å². The molecule has 3 heteroatoms. The van der Waals surface area contributed by atoms with Crippen molar-refractivity contribution in [1.82, 2.24) is 0 Å². The summed E-state index contributed by atoms with van der Waals surface area (Å²) in [6.07, 6.45) is 5.73. The standard InChI is InChI=1S/C18H27ClFSi/c1-2-4-18(20)5-3-12-21-13-10-16(11-14-21)15-6-8-17(19)9-7-15/h6-9,16,18H,2-5,10-14H2,1H3. The first-order chi connectivity index (χ1) is 10.2. The van der Waals surface area contributed by atoms with Crippen LogP contribution < -0.4 is 0 Å². The molecule has 1 aromatic rings. The molecule has 1 fully saturated rings. The van der Waals surface area contributed by atoms with Crippen molar-refractivity contribution >= 4 is 20.4 Å². The molecule has 1 heterocycles. The topological polar surface area (TPSA) is 0 Å². The minimum atomic E-state index is -0.553. The van der Waals surface area contributed by atoms with Crippen molar-refractivity contribution < 1.29 is 4.39 Å². The highest BCUT2D eigenvalue weighted by atomic mass is 35.5. The molecule has 0 amide bonds. The normalized spacial score (nSPS) is 18.8. The second-order valence-corrected chi connectivity index (χ2v) is 9.79. The minimum absolute atomic E-state index is 0.199. The maximum atomic E-state index is 13.5. The maximum absolute atomic E-state index is 13.5. The monoisotopic (exact) mass is 325 g/mol. The molecule has 1 aromatic carbocycles. The Hall–Kier alpha value is -0.343. The van der Waals surface area contributed by atoms with Gasteiger partial charge in [-0.2, -0.15) is 0 Å². The number of benzene rings is 1. The molecule has 2 rings (SSSR count). The van der Waals surface area contributed by atoms with Crippen LogP contribution >= 0.6 is 11.6 Å². The molecule has 0 saturated carbocycles. The Bertz CT molecular complexity index is 398. The Morgan fingerprint density at radius 2 is 1.86 bits per heavy atom. The molecular formula is C18H27ClFSi. The number of alkyl halides is 1. The zero-order valence-electron chi connectivity index (χ0n) is 13.1. The lowest BCUT2D eigenvalue weighted by Crippen LogP contribution is -2.20. The molecule has 1 radical (unpaired) electrons. The van der Waals surface area contributed by atoms with E-state index in [2.05, 4.69) is 19.1 Å². The first kappa shape index (κ1) is 17.0. The van der Waals surface area contributed by atoms with Gasteiger partial charge < -0.3 is 0 Å². The number of halogens is 2. The first-order valence-electron chi connectivity index (χ1n) is 8.42. The second-order valence-electron chi connectivity index (χ2n) is 6.35. The molecule has 0 aliphatic carbocycles. The van der Waals surface area contributed by atoms with Crippen molar-refractivity contribution in [2.45, 2.75) is 75.7 Å². The average Bonchev–Trinajstić information content (AvgIpc) is 2.49. The van der Waals surface area contributed by atoms with E-state index in [0.717, 1.165) is 36.6 Å². The summed E-state index contributed by atoms with van der Waals surface area (Å²) in [5.41, 5.74) is 1.45. The lowest BCUT2D eigenvalue weighted by Gasteiger charge is -2.28. The van der Waals surface area contributed by atoms with Gasteiger partial charge in [0.2, 0.25) is 0 Å². The quantitative estimate of drug-likeness (QED) is 0.493. The maximum Gasteiger partial charge on any atom is 0.100 e. The Kier molecular flexibility index (Phi) is 7.25. The number of hydrogen-bond donors (Lipinski definition) is 0. The van der Waals surface area contributed by atoms with Crippen LogP contribution in [0.1, 0.15) is 56.9 Å². The molecule has 0 aromatic heterocycles. The number of rotatable bonds is 7. The lowest BCUT2D eigenvalue weighted by atomic mass is 9.94. The fraction of sp³-hybridized carbons (Fsp3) is 0.667. The summed E-state index contributed by atoms with van der Waals surface area (Å²) in [5, 5.41) is 0.826. The van der Waals surface area contributed by atoms with Gasteiger partial charge in [-0.15, -0.1) is 0 Å². The highest BCUT2D eigenvalue weighted by molar-refractivity contribution is 6.59. The highest BCUT2D eigenvalue weighted by Gasteiger charge is 2.23. The summed E-state index contributed by atoms with van der Waals surface area (Å²) in [4.78, 5) is 0. The Labute approximate surface area is 135 Å². The van der Waals surface area contributed by atoms with Crippen LogP contribution in [0.15, 0.2) is 24.3 Å².